The van der Waals surface area contributed by atoms with Gasteiger partial charge in [-0.15, -0.1) is 11.6 Å². The third-order valence-corrected chi connectivity index (χ3v) is 3.48. The molecule has 96 valence electrons. The molecule has 1 unspecified atom stereocenters. The molecule has 0 aliphatic rings. The van der Waals surface area contributed by atoms with Gasteiger partial charge in [-0.25, -0.2) is 4.57 Å². The van der Waals surface area contributed by atoms with Crippen LogP contribution < -0.4 is 4.52 Å². The molecule has 0 spiro atoms. The molecule has 6 heteroatoms. The summed E-state index contributed by atoms with van der Waals surface area (Å²) in [6, 6.07) is 7.18. The molecule has 0 aromatic heterocycles. The minimum Gasteiger partial charge on any atom is -0.404 e. The summed E-state index contributed by atoms with van der Waals surface area (Å²) in [5.41, 5.74) is 1.00. The molecule has 0 saturated heterocycles. The summed E-state index contributed by atoms with van der Waals surface area (Å²) in [5.74, 6) is 0.685. The van der Waals surface area contributed by atoms with Crippen molar-refractivity contribution in [1.82, 2.24) is 0 Å². The van der Waals surface area contributed by atoms with Crippen LogP contribution in [0.1, 0.15) is 12.5 Å². The number of phosphoric ester groups is 1. The van der Waals surface area contributed by atoms with E-state index in [-0.39, 0.29) is 19.1 Å². The molecule has 1 atom stereocenters. The van der Waals surface area contributed by atoms with Crippen LogP contribution in [0.15, 0.2) is 24.3 Å². The Hall–Kier alpha value is -0.540. The fourth-order valence-electron chi connectivity index (χ4n) is 1.20. The lowest BCUT2D eigenvalue weighted by Crippen LogP contribution is -2.04. The van der Waals surface area contributed by atoms with Crippen molar-refractivity contribution < 1.29 is 18.1 Å². The van der Waals surface area contributed by atoms with Crippen molar-refractivity contribution in [1.29, 1.82) is 0 Å². The lowest BCUT2D eigenvalue weighted by Gasteiger charge is -2.17. The van der Waals surface area contributed by atoms with E-state index < -0.39 is 7.82 Å². The molecule has 0 fully saturated rings. The molecule has 4 nitrogen and oxygen atoms in total. The summed E-state index contributed by atoms with van der Waals surface area (Å²) in [5, 5.41) is 0. The zero-order chi connectivity index (χ0) is 12.7. The van der Waals surface area contributed by atoms with Gasteiger partial charge in [0, 0.05) is 5.88 Å². The normalized spacial score (nSPS) is 14.3. The lowest BCUT2D eigenvalue weighted by molar-refractivity contribution is 0.168. The molecule has 0 bridgehead atoms. The molecule has 17 heavy (non-hydrogen) atoms. The fourth-order valence-corrected chi connectivity index (χ4v) is 2.56. The topological polar surface area (TPSA) is 44.8 Å². The molecule has 0 aliphatic heterocycles. The number of benzene rings is 1. The molecule has 0 heterocycles. The first-order chi connectivity index (χ1) is 8.09. The third kappa shape index (κ3) is 5.09. The van der Waals surface area contributed by atoms with Gasteiger partial charge in [-0.3, -0.25) is 9.05 Å². The number of aryl methyl sites for hydroxylation is 1. The van der Waals surface area contributed by atoms with E-state index in [1.165, 1.54) is 0 Å². The summed E-state index contributed by atoms with van der Waals surface area (Å²) >= 11 is 5.48. The first kappa shape index (κ1) is 14.5. The van der Waals surface area contributed by atoms with Crippen molar-refractivity contribution in [3.05, 3.63) is 29.8 Å². The van der Waals surface area contributed by atoms with E-state index in [4.69, 9.17) is 25.2 Å². The minimum atomic E-state index is -3.56. The van der Waals surface area contributed by atoms with Gasteiger partial charge in [0.15, 0.2) is 0 Å². The maximum atomic E-state index is 12.1. The highest BCUT2D eigenvalue weighted by atomic mass is 35.5. The van der Waals surface area contributed by atoms with E-state index in [1.807, 2.05) is 19.1 Å². The van der Waals surface area contributed by atoms with Crippen LogP contribution in [-0.2, 0) is 13.6 Å². The van der Waals surface area contributed by atoms with Crippen LogP contribution in [-0.4, -0.2) is 19.1 Å². The molecule has 0 aliphatic carbocycles. The maximum absolute atomic E-state index is 12.1. The Bertz CT molecular complexity index is 397. The predicted octanol–water partition coefficient (Wildman–Crippen LogP) is 3.77. The predicted molar refractivity (Wildman–Crippen MR) is 67.7 cm³/mol. The molecule has 1 aromatic carbocycles. The standard InChI is InChI=1S/C11H16ClO4P/c1-3-14-17(13,15-8-7-12)16-11-6-4-5-10(2)9-11/h4-6,9H,3,7-8H2,1-2H3. The van der Waals surface area contributed by atoms with Crippen molar-refractivity contribution in [2.45, 2.75) is 13.8 Å². The van der Waals surface area contributed by atoms with E-state index in [0.717, 1.165) is 5.56 Å². The van der Waals surface area contributed by atoms with E-state index >= 15 is 0 Å². The quantitative estimate of drug-likeness (QED) is 0.562. The van der Waals surface area contributed by atoms with Crippen LogP contribution in [0.3, 0.4) is 0 Å². The Morgan fingerprint density at radius 2 is 2.12 bits per heavy atom. The first-order valence-corrected chi connectivity index (χ1v) is 7.30. The molecular weight excluding hydrogens is 263 g/mol. The molecule has 0 radical (unpaired) electrons. The second-order valence-electron chi connectivity index (χ2n) is 3.29. The van der Waals surface area contributed by atoms with Crippen LogP contribution in [0.25, 0.3) is 0 Å². The van der Waals surface area contributed by atoms with Gasteiger partial charge in [-0.1, -0.05) is 12.1 Å². The number of phosphoric acid groups is 1. The highest BCUT2D eigenvalue weighted by Crippen LogP contribution is 2.49. The second kappa shape index (κ2) is 7.02. The maximum Gasteiger partial charge on any atom is 0.530 e. The Kier molecular flexibility index (Phi) is 6.00. The van der Waals surface area contributed by atoms with E-state index in [0.29, 0.717) is 5.75 Å². The van der Waals surface area contributed by atoms with Crippen LogP contribution >= 0.6 is 19.4 Å². The van der Waals surface area contributed by atoms with Crippen LogP contribution in [0.2, 0.25) is 0 Å². The highest BCUT2D eigenvalue weighted by Gasteiger charge is 2.27. The molecule has 0 N–H and O–H groups in total. The van der Waals surface area contributed by atoms with Crippen molar-refractivity contribution in [3.8, 4) is 5.75 Å². The van der Waals surface area contributed by atoms with Crippen molar-refractivity contribution in [2.24, 2.45) is 0 Å². The van der Waals surface area contributed by atoms with Gasteiger partial charge in [-0.05, 0) is 31.5 Å². The number of hydrogen-bond donors (Lipinski definition) is 0. The van der Waals surface area contributed by atoms with Crippen molar-refractivity contribution >= 4 is 19.4 Å². The second-order valence-corrected chi connectivity index (χ2v) is 5.27. The summed E-state index contributed by atoms with van der Waals surface area (Å²) in [6.07, 6.45) is 0. The molecule has 0 amide bonds. The van der Waals surface area contributed by atoms with Crippen molar-refractivity contribution in [2.75, 3.05) is 19.1 Å². The zero-order valence-corrected chi connectivity index (χ0v) is 11.5. The summed E-state index contributed by atoms with van der Waals surface area (Å²) in [6.45, 7) is 3.99. The van der Waals surface area contributed by atoms with Gasteiger partial charge in [0.25, 0.3) is 0 Å². The van der Waals surface area contributed by atoms with E-state index in [1.54, 1.807) is 19.1 Å². The Morgan fingerprint density at radius 3 is 2.71 bits per heavy atom. The number of rotatable bonds is 7. The Labute approximate surface area is 106 Å². The Balaban J connectivity index is 2.75. The smallest absolute Gasteiger partial charge is 0.404 e. The van der Waals surface area contributed by atoms with Gasteiger partial charge < -0.3 is 4.52 Å². The number of alkyl halides is 1. The number of halogens is 1. The SMILES string of the molecule is CCOP(=O)(OCCCl)Oc1cccc(C)c1. The van der Waals surface area contributed by atoms with Gasteiger partial charge in [0.05, 0.1) is 13.2 Å². The molecule has 0 saturated carbocycles. The van der Waals surface area contributed by atoms with Crippen LogP contribution in [0.5, 0.6) is 5.75 Å². The summed E-state index contributed by atoms with van der Waals surface area (Å²) in [4.78, 5) is 0. The summed E-state index contributed by atoms with van der Waals surface area (Å²) in [7, 11) is -3.56. The van der Waals surface area contributed by atoms with E-state index in [9.17, 15) is 4.57 Å². The minimum absolute atomic E-state index is 0.116. The fraction of sp³-hybridized carbons (Fsp3) is 0.455. The van der Waals surface area contributed by atoms with Gasteiger partial charge >= 0.3 is 7.82 Å². The van der Waals surface area contributed by atoms with Gasteiger partial charge in [-0.2, -0.15) is 0 Å². The zero-order valence-electron chi connectivity index (χ0n) is 9.89. The highest BCUT2D eigenvalue weighted by molar-refractivity contribution is 7.48. The van der Waals surface area contributed by atoms with Crippen LogP contribution in [0.4, 0.5) is 0 Å². The van der Waals surface area contributed by atoms with E-state index in [2.05, 4.69) is 0 Å². The average Bonchev–Trinajstić information content (AvgIpc) is 2.27. The lowest BCUT2D eigenvalue weighted by atomic mass is 10.2. The third-order valence-electron chi connectivity index (χ3n) is 1.82. The average molecular weight is 279 g/mol. The largest absolute Gasteiger partial charge is 0.530 e. The van der Waals surface area contributed by atoms with Crippen molar-refractivity contribution in [3.63, 3.8) is 0 Å². The van der Waals surface area contributed by atoms with Gasteiger partial charge in [0.1, 0.15) is 5.75 Å². The number of hydrogen-bond acceptors (Lipinski definition) is 4. The van der Waals surface area contributed by atoms with Gasteiger partial charge in [0.2, 0.25) is 0 Å². The first-order valence-electron chi connectivity index (χ1n) is 5.31. The molecular formula is C11H16ClO4P. The van der Waals surface area contributed by atoms with Crippen LogP contribution in [0, 0.1) is 6.92 Å². The summed E-state index contributed by atoms with van der Waals surface area (Å²) < 4.78 is 27.5. The Morgan fingerprint density at radius 1 is 1.35 bits per heavy atom. The molecule has 1 rings (SSSR count). The monoisotopic (exact) mass is 278 g/mol. The molecule has 1 aromatic rings.